The lowest BCUT2D eigenvalue weighted by molar-refractivity contribution is 0.802. The molecule has 8 aromatic carbocycles. The van der Waals surface area contributed by atoms with E-state index in [1.165, 1.54) is 71.6 Å². The van der Waals surface area contributed by atoms with E-state index in [1.807, 2.05) is 0 Å². The molecule has 0 unspecified atom stereocenters. The molecule has 220 valence electrons. The van der Waals surface area contributed by atoms with E-state index >= 15 is 0 Å². The van der Waals surface area contributed by atoms with Crippen molar-refractivity contribution in [1.82, 2.24) is 0 Å². The van der Waals surface area contributed by atoms with E-state index in [1.54, 1.807) is 0 Å². The third-order valence-electron chi connectivity index (χ3n) is 10.5. The molecule has 0 bridgehead atoms. The lowest BCUT2D eigenvalue weighted by Crippen LogP contribution is -2.26. The highest BCUT2D eigenvalue weighted by Gasteiger charge is 2.52. The Morgan fingerprint density at radius 3 is 1.77 bits per heavy atom. The van der Waals surface area contributed by atoms with E-state index in [0.717, 1.165) is 17.1 Å². The number of hydrogen-bond acceptors (Lipinski definition) is 1. The molecular weight excluding hydrogens is 567 g/mol. The minimum absolute atomic E-state index is 0.404. The summed E-state index contributed by atoms with van der Waals surface area (Å²) in [5.74, 6) is 0. The number of nitrogens with zero attached hydrogens (tertiary/aromatic N) is 1. The zero-order valence-electron chi connectivity index (χ0n) is 26.1. The molecule has 1 nitrogen and oxygen atoms in total. The van der Waals surface area contributed by atoms with Gasteiger partial charge in [0.15, 0.2) is 0 Å². The zero-order chi connectivity index (χ0) is 31.1. The van der Waals surface area contributed by atoms with Gasteiger partial charge in [-0.05, 0) is 122 Å². The summed E-state index contributed by atoms with van der Waals surface area (Å²) in [4.78, 5) is 2.37. The number of aryl methyl sites for hydroxylation is 1. The summed E-state index contributed by atoms with van der Waals surface area (Å²) in [6, 6.07) is 63.2. The normalized spacial score (nSPS) is 13.4. The number of para-hydroxylation sites is 1. The maximum Gasteiger partial charge on any atom is 0.0731 e. The standard InChI is InChI=1S/C46H31N/c1-30-19-23-35(24-20-30)47(34-12-3-2-4-13-34)36-25-21-32-28-41-40-26-22-31-11-5-6-14-37(31)45(40)46(44(41)29-33(32)27-36)42-17-9-7-15-38(42)39-16-8-10-18-43(39)46/h2-29H,1H3. The van der Waals surface area contributed by atoms with Crippen LogP contribution < -0.4 is 4.90 Å². The molecule has 2 aliphatic rings. The highest BCUT2D eigenvalue weighted by atomic mass is 15.1. The molecule has 0 aliphatic heterocycles. The molecule has 10 rings (SSSR count). The lowest BCUT2D eigenvalue weighted by atomic mass is 9.69. The summed E-state index contributed by atoms with van der Waals surface area (Å²) < 4.78 is 0. The van der Waals surface area contributed by atoms with Crippen LogP contribution in [0.2, 0.25) is 0 Å². The van der Waals surface area contributed by atoms with Gasteiger partial charge in [0.1, 0.15) is 0 Å². The van der Waals surface area contributed by atoms with Gasteiger partial charge in [-0.2, -0.15) is 0 Å². The summed E-state index contributed by atoms with van der Waals surface area (Å²) in [6.07, 6.45) is 0. The molecule has 2 aliphatic carbocycles. The van der Waals surface area contributed by atoms with E-state index < -0.39 is 5.41 Å². The molecule has 0 atom stereocenters. The Labute approximate surface area is 275 Å². The summed E-state index contributed by atoms with van der Waals surface area (Å²) in [5.41, 5.74) is 15.1. The highest BCUT2D eigenvalue weighted by molar-refractivity contribution is 6.06. The molecule has 1 spiro atoms. The number of fused-ring (bicyclic) bond motifs is 13. The Morgan fingerprint density at radius 2 is 1.00 bits per heavy atom. The van der Waals surface area contributed by atoms with Crippen LogP contribution in [0.4, 0.5) is 17.1 Å². The fraction of sp³-hybridized carbons (Fsp3) is 0.0435. The predicted molar refractivity (Wildman–Crippen MR) is 197 cm³/mol. The first kappa shape index (κ1) is 26.3. The summed E-state index contributed by atoms with van der Waals surface area (Å²) in [7, 11) is 0. The van der Waals surface area contributed by atoms with Crippen LogP contribution in [0.5, 0.6) is 0 Å². The molecule has 0 saturated heterocycles. The fourth-order valence-electron chi connectivity index (χ4n) is 8.50. The molecule has 0 radical (unpaired) electrons. The van der Waals surface area contributed by atoms with Gasteiger partial charge in [0, 0.05) is 17.1 Å². The van der Waals surface area contributed by atoms with Crippen molar-refractivity contribution in [2.45, 2.75) is 12.3 Å². The molecule has 0 heterocycles. The third-order valence-corrected chi connectivity index (χ3v) is 10.5. The average molecular weight is 598 g/mol. The van der Waals surface area contributed by atoms with Gasteiger partial charge >= 0.3 is 0 Å². The van der Waals surface area contributed by atoms with Crippen molar-refractivity contribution < 1.29 is 0 Å². The predicted octanol–water partition coefficient (Wildman–Crippen LogP) is 12.1. The van der Waals surface area contributed by atoms with Gasteiger partial charge in [0.05, 0.1) is 5.41 Å². The van der Waals surface area contributed by atoms with Crippen molar-refractivity contribution in [2.24, 2.45) is 0 Å². The van der Waals surface area contributed by atoms with E-state index in [2.05, 4.69) is 182 Å². The minimum Gasteiger partial charge on any atom is -0.310 e. The minimum atomic E-state index is -0.404. The highest BCUT2D eigenvalue weighted by Crippen LogP contribution is 2.64. The number of rotatable bonds is 3. The van der Waals surface area contributed by atoms with Crippen molar-refractivity contribution in [3.8, 4) is 22.3 Å². The molecular formula is C46H31N. The fourth-order valence-corrected chi connectivity index (χ4v) is 8.50. The maximum absolute atomic E-state index is 2.50. The van der Waals surface area contributed by atoms with Crippen LogP contribution in [0, 0.1) is 6.92 Å². The number of anilines is 3. The quantitative estimate of drug-likeness (QED) is 0.196. The van der Waals surface area contributed by atoms with Crippen molar-refractivity contribution >= 4 is 38.6 Å². The zero-order valence-corrected chi connectivity index (χ0v) is 26.1. The molecule has 1 heteroatoms. The second kappa shape index (κ2) is 9.79. The molecule has 0 fully saturated rings. The SMILES string of the molecule is Cc1ccc(N(c2ccccc2)c2ccc3cc4c(cc3c2)C2(c3ccccc3-c3ccccc32)c2c-4ccc3ccccc23)cc1. The Hall–Kier alpha value is -5.92. The second-order valence-corrected chi connectivity index (χ2v) is 13.0. The van der Waals surface area contributed by atoms with Gasteiger partial charge < -0.3 is 4.90 Å². The van der Waals surface area contributed by atoms with Crippen LogP contribution in [0.1, 0.15) is 27.8 Å². The third kappa shape index (κ3) is 3.60. The summed E-state index contributed by atoms with van der Waals surface area (Å²) >= 11 is 0. The first-order valence-electron chi connectivity index (χ1n) is 16.4. The first-order valence-corrected chi connectivity index (χ1v) is 16.4. The van der Waals surface area contributed by atoms with Crippen LogP contribution in [-0.4, -0.2) is 0 Å². The summed E-state index contributed by atoms with van der Waals surface area (Å²) in [5, 5.41) is 5.10. The van der Waals surface area contributed by atoms with Gasteiger partial charge in [-0.3, -0.25) is 0 Å². The molecule has 0 amide bonds. The second-order valence-electron chi connectivity index (χ2n) is 13.0. The Morgan fingerprint density at radius 1 is 0.383 bits per heavy atom. The lowest BCUT2D eigenvalue weighted by Gasteiger charge is -2.31. The van der Waals surface area contributed by atoms with Crippen LogP contribution in [0.25, 0.3) is 43.8 Å². The van der Waals surface area contributed by atoms with Gasteiger partial charge in [-0.25, -0.2) is 0 Å². The van der Waals surface area contributed by atoms with Crippen LogP contribution in [-0.2, 0) is 5.41 Å². The smallest absolute Gasteiger partial charge is 0.0731 e. The Balaban J connectivity index is 1.29. The average Bonchev–Trinajstić information content (AvgIpc) is 3.59. The number of benzene rings is 8. The Bertz CT molecular complexity index is 2480. The van der Waals surface area contributed by atoms with E-state index in [0.29, 0.717) is 0 Å². The molecule has 0 N–H and O–H groups in total. The van der Waals surface area contributed by atoms with Gasteiger partial charge in [-0.15, -0.1) is 0 Å². The summed E-state index contributed by atoms with van der Waals surface area (Å²) in [6.45, 7) is 2.14. The van der Waals surface area contributed by atoms with Gasteiger partial charge in [0.25, 0.3) is 0 Å². The topological polar surface area (TPSA) is 3.24 Å². The largest absolute Gasteiger partial charge is 0.310 e. The van der Waals surface area contributed by atoms with E-state index in [-0.39, 0.29) is 0 Å². The molecule has 47 heavy (non-hydrogen) atoms. The van der Waals surface area contributed by atoms with Crippen molar-refractivity contribution in [2.75, 3.05) is 4.90 Å². The van der Waals surface area contributed by atoms with Gasteiger partial charge in [0.2, 0.25) is 0 Å². The van der Waals surface area contributed by atoms with Gasteiger partial charge in [-0.1, -0.05) is 127 Å². The first-order chi connectivity index (χ1) is 23.2. The van der Waals surface area contributed by atoms with E-state index in [9.17, 15) is 0 Å². The monoisotopic (exact) mass is 597 g/mol. The number of hydrogen-bond donors (Lipinski definition) is 0. The van der Waals surface area contributed by atoms with Crippen molar-refractivity contribution in [1.29, 1.82) is 0 Å². The van der Waals surface area contributed by atoms with Crippen LogP contribution in [0.15, 0.2) is 170 Å². The van der Waals surface area contributed by atoms with Crippen molar-refractivity contribution in [3.05, 3.63) is 198 Å². The van der Waals surface area contributed by atoms with Crippen LogP contribution in [0.3, 0.4) is 0 Å². The molecule has 0 saturated carbocycles. The Kier molecular flexibility index (Phi) is 5.48. The molecule has 0 aromatic heterocycles. The van der Waals surface area contributed by atoms with Crippen molar-refractivity contribution in [3.63, 3.8) is 0 Å². The van der Waals surface area contributed by atoms with Crippen LogP contribution >= 0.6 is 0 Å². The molecule has 8 aromatic rings. The maximum atomic E-state index is 2.50. The van der Waals surface area contributed by atoms with E-state index in [4.69, 9.17) is 0 Å².